The maximum absolute atomic E-state index is 12.7. The number of aryl methyl sites for hydroxylation is 1. The van der Waals surface area contributed by atoms with Crippen LogP contribution in [0.1, 0.15) is 26.2 Å². The second-order valence-electron chi connectivity index (χ2n) is 6.90. The van der Waals surface area contributed by atoms with Crippen LogP contribution in [0, 0.1) is 5.92 Å². The van der Waals surface area contributed by atoms with Gasteiger partial charge in [0.15, 0.2) is 5.82 Å². The highest BCUT2D eigenvalue weighted by atomic mass is 16.2. The second kappa shape index (κ2) is 8.66. The molecule has 0 bridgehead atoms. The van der Waals surface area contributed by atoms with E-state index in [1.54, 1.807) is 11.7 Å². The van der Waals surface area contributed by atoms with Gasteiger partial charge >= 0.3 is 6.03 Å². The molecule has 2 aromatic rings. The molecule has 3 rings (SSSR count). The van der Waals surface area contributed by atoms with Crippen molar-refractivity contribution in [3.8, 4) is 11.4 Å². The van der Waals surface area contributed by atoms with E-state index in [0.717, 1.165) is 31.4 Å². The molecule has 1 aromatic heterocycles. The Bertz CT molecular complexity index is 789. The van der Waals surface area contributed by atoms with E-state index in [2.05, 4.69) is 20.7 Å². The summed E-state index contributed by atoms with van der Waals surface area (Å²) in [5, 5.41) is 10.1. The zero-order valence-corrected chi connectivity index (χ0v) is 15.8. The van der Waals surface area contributed by atoms with Crippen molar-refractivity contribution in [2.45, 2.75) is 26.2 Å². The monoisotopic (exact) mass is 370 g/mol. The largest absolute Gasteiger partial charge is 0.356 e. The molecule has 1 fully saturated rings. The number of hydrogen-bond acceptors (Lipinski definition) is 4. The number of anilines is 1. The van der Waals surface area contributed by atoms with Crippen molar-refractivity contribution >= 4 is 17.9 Å². The minimum atomic E-state index is -0.158. The van der Waals surface area contributed by atoms with Crippen molar-refractivity contribution in [1.29, 1.82) is 0 Å². The molecule has 2 N–H and O–H groups in total. The van der Waals surface area contributed by atoms with Crippen molar-refractivity contribution in [3.05, 3.63) is 30.3 Å². The van der Waals surface area contributed by atoms with E-state index in [1.165, 1.54) is 6.92 Å². The summed E-state index contributed by atoms with van der Waals surface area (Å²) in [7, 11) is 1.77. The van der Waals surface area contributed by atoms with Crippen LogP contribution < -0.4 is 10.6 Å². The molecule has 1 saturated heterocycles. The number of aromatic nitrogens is 3. The van der Waals surface area contributed by atoms with Gasteiger partial charge in [0.05, 0.1) is 0 Å². The first-order chi connectivity index (χ1) is 13.0. The molecule has 27 heavy (non-hydrogen) atoms. The second-order valence-corrected chi connectivity index (χ2v) is 6.90. The molecule has 1 aromatic carbocycles. The Balaban J connectivity index is 1.58. The fraction of sp³-hybridized carbons (Fsp3) is 0.474. The number of urea groups is 1. The quantitative estimate of drug-likeness (QED) is 0.844. The number of amides is 3. The summed E-state index contributed by atoms with van der Waals surface area (Å²) >= 11 is 0. The molecule has 3 amide bonds. The van der Waals surface area contributed by atoms with Gasteiger partial charge in [0.25, 0.3) is 0 Å². The van der Waals surface area contributed by atoms with Gasteiger partial charge in [-0.05, 0) is 25.2 Å². The molecule has 0 radical (unpaired) electrons. The molecule has 1 aliphatic heterocycles. The average molecular weight is 370 g/mol. The van der Waals surface area contributed by atoms with Gasteiger partial charge < -0.3 is 10.2 Å². The SMILES string of the molecule is CC(=O)NCCC1CCCN(C(=O)Nc2nc(-c3ccccc3)nn2C)C1. The van der Waals surface area contributed by atoms with Crippen LogP contribution in [-0.2, 0) is 11.8 Å². The lowest BCUT2D eigenvalue weighted by molar-refractivity contribution is -0.119. The fourth-order valence-corrected chi connectivity index (χ4v) is 3.32. The standard InChI is InChI=1S/C19H26N6O2/c1-14(26)20-11-10-15-7-6-12-25(13-15)19(27)22-18-21-17(23-24(18)2)16-8-4-3-5-9-16/h3-5,8-9,15H,6-7,10-13H2,1-2H3,(H,20,26)(H,21,22,23,27). The first kappa shape index (κ1) is 18.9. The molecule has 8 nitrogen and oxygen atoms in total. The molecule has 1 aliphatic rings. The molecule has 0 spiro atoms. The van der Waals surface area contributed by atoms with Crippen LogP contribution in [0.3, 0.4) is 0 Å². The molecule has 2 heterocycles. The molecule has 1 unspecified atom stereocenters. The van der Waals surface area contributed by atoms with Crippen LogP contribution in [0.2, 0.25) is 0 Å². The predicted molar refractivity (Wildman–Crippen MR) is 103 cm³/mol. The van der Waals surface area contributed by atoms with Crippen molar-refractivity contribution in [3.63, 3.8) is 0 Å². The number of nitrogens with one attached hydrogen (secondary N) is 2. The minimum absolute atomic E-state index is 0.0167. The van der Waals surface area contributed by atoms with Gasteiger partial charge in [0.2, 0.25) is 11.9 Å². The summed E-state index contributed by atoms with van der Waals surface area (Å²) in [6, 6.07) is 9.51. The minimum Gasteiger partial charge on any atom is -0.356 e. The van der Waals surface area contributed by atoms with E-state index >= 15 is 0 Å². The average Bonchev–Trinajstić information content (AvgIpc) is 3.03. The van der Waals surface area contributed by atoms with E-state index in [4.69, 9.17) is 0 Å². The Hall–Kier alpha value is -2.90. The van der Waals surface area contributed by atoms with Crippen LogP contribution in [0.5, 0.6) is 0 Å². The van der Waals surface area contributed by atoms with Crippen LogP contribution in [-0.4, -0.2) is 51.2 Å². The first-order valence-electron chi connectivity index (χ1n) is 9.29. The summed E-state index contributed by atoms with van der Waals surface area (Å²) in [6.45, 7) is 3.59. The van der Waals surface area contributed by atoms with Gasteiger partial charge in [-0.3, -0.25) is 10.1 Å². The number of nitrogens with zero attached hydrogens (tertiary/aromatic N) is 4. The summed E-state index contributed by atoms with van der Waals surface area (Å²) in [6.07, 6.45) is 2.92. The Morgan fingerprint density at radius 1 is 1.26 bits per heavy atom. The molecule has 0 aliphatic carbocycles. The zero-order chi connectivity index (χ0) is 19.2. The number of hydrogen-bond donors (Lipinski definition) is 2. The zero-order valence-electron chi connectivity index (χ0n) is 15.8. The van der Waals surface area contributed by atoms with Crippen LogP contribution in [0.15, 0.2) is 30.3 Å². The fourth-order valence-electron chi connectivity index (χ4n) is 3.32. The lowest BCUT2D eigenvalue weighted by atomic mass is 9.95. The number of benzene rings is 1. The Kier molecular flexibility index (Phi) is 6.05. The highest BCUT2D eigenvalue weighted by Crippen LogP contribution is 2.21. The van der Waals surface area contributed by atoms with Crippen LogP contribution >= 0.6 is 0 Å². The van der Waals surface area contributed by atoms with Crippen LogP contribution in [0.4, 0.5) is 10.7 Å². The van der Waals surface area contributed by atoms with Gasteiger partial charge in [-0.15, -0.1) is 5.10 Å². The molecule has 0 saturated carbocycles. The third-order valence-corrected chi connectivity index (χ3v) is 4.75. The van der Waals surface area contributed by atoms with E-state index < -0.39 is 0 Å². The smallest absolute Gasteiger partial charge is 0.324 e. The topological polar surface area (TPSA) is 92.2 Å². The highest BCUT2D eigenvalue weighted by Gasteiger charge is 2.24. The van der Waals surface area contributed by atoms with Gasteiger partial charge in [0.1, 0.15) is 0 Å². The van der Waals surface area contributed by atoms with E-state index in [1.807, 2.05) is 35.2 Å². The summed E-state index contributed by atoms with van der Waals surface area (Å²) < 4.78 is 1.58. The van der Waals surface area contributed by atoms with Gasteiger partial charge in [-0.1, -0.05) is 30.3 Å². The maximum Gasteiger partial charge on any atom is 0.324 e. The van der Waals surface area contributed by atoms with Crippen LogP contribution in [0.25, 0.3) is 11.4 Å². The predicted octanol–water partition coefficient (Wildman–Crippen LogP) is 2.25. The van der Waals surface area contributed by atoms with Gasteiger partial charge in [-0.2, -0.15) is 4.98 Å². The van der Waals surface area contributed by atoms with Gasteiger partial charge in [-0.25, -0.2) is 9.48 Å². The lowest BCUT2D eigenvalue weighted by Gasteiger charge is -2.32. The molecular weight excluding hydrogens is 344 g/mol. The third-order valence-electron chi connectivity index (χ3n) is 4.75. The van der Waals surface area contributed by atoms with E-state index in [-0.39, 0.29) is 11.9 Å². The van der Waals surface area contributed by atoms with E-state index in [9.17, 15) is 9.59 Å². The number of likely N-dealkylation sites (tertiary alicyclic amines) is 1. The lowest BCUT2D eigenvalue weighted by Crippen LogP contribution is -2.43. The van der Waals surface area contributed by atoms with Crippen molar-refractivity contribution in [2.24, 2.45) is 13.0 Å². The van der Waals surface area contributed by atoms with E-state index in [0.29, 0.717) is 30.8 Å². The maximum atomic E-state index is 12.7. The number of carbonyl (C=O) groups excluding carboxylic acids is 2. The normalized spacial score (nSPS) is 16.8. The summed E-state index contributed by atoms with van der Waals surface area (Å²) in [4.78, 5) is 29.9. The number of piperidine rings is 1. The third kappa shape index (κ3) is 5.06. The molecule has 144 valence electrons. The Morgan fingerprint density at radius 2 is 2.04 bits per heavy atom. The molecular formula is C19H26N6O2. The Labute approximate surface area is 159 Å². The van der Waals surface area contributed by atoms with Crippen molar-refractivity contribution < 1.29 is 9.59 Å². The number of rotatable bonds is 5. The summed E-state index contributed by atoms with van der Waals surface area (Å²) in [5.41, 5.74) is 0.907. The number of carbonyl (C=O) groups is 2. The molecule has 8 heteroatoms. The Morgan fingerprint density at radius 3 is 2.78 bits per heavy atom. The van der Waals surface area contributed by atoms with Gasteiger partial charge in [0, 0.05) is 39.2 Å². The highest BCUT2D eigenvalue weighted by molar-refractivity contribution is 5.87. The molecule has 1 atom stereocenters. The summed E-state index contributed by atoms with van der Waals surface area (Å²) in [5.74, 6) is 1.40. The van der Waals surface area contributed by atoms with Crippen molar-refractivity contribution in [2.75, 3.05) is 25.0 Å². The van der Waals surface area contributed by atoms with Crippen molar-refractivity contribution in [1.82, 2.24) is 25.0 Å². The first-order valence-corrected chi connectivity index (χ1v) is 9.29.